The van der Waals surface area contributed by atoms with E-state index in [4.69, 9.17) is 0 Å². The molecule has 86 valence electrons. The second-order valence-corrected chi connectivity index (χ2v) is 3.72. The van der Waals surface area contributed by atoms with Crippen LogP contribution in [0.5, 0.6) is 0 Å². The van der Waals surface area contributed by atoms with Crippen molar-refractivity contribution in [2.45, 2.75) is 20.3 Å². The molecular formula is C13H16O3. The second kappa shape index (κ2) is 5.45. The molecule has 0 N–H and O–H groups in total. The van der Waals surface area contributed by atoms with Crippen molar-refractivity contribution < 1.29 is 14.3 Å². The topological polar surface area (TPSA) is 43.4 Å². The Morgan fingerprint density at radius 3 is 2.56 bits per heavy atom. The Hall–Kier alpha value is -1.64. The van der Waals surface area contributed by atoms with Crippen molar-refractivity contribution in [2.75, 3.05) is 7.11 Å². The number of hydrogen-bond acceptors (Lipinski definition) is 3. The number of hydrogen-bond donors (Lipinski definition) is 0. The number of rotatable bonds is 4. The number of carbonyl (C=O) groups is 2. The van der Waals surface area contributed by atoms with Crippen LogP contribution in [0.4, 0.5) is 0 Å². The Bertz CT molecular complexity index is 396. The lowest BCUT2D eigenvalue weighted by molar-refractivity contribution is -0.143. The summed E-state index contributed by atoms with van der Waals surface area (Å²) in [6.07, 6.45) is 0.458. The fourth-order valence-corrected chi connectivity index (χ4v) is 1.60. The normalized spacial score (nSPS) is 11.9. The smallest absolute Gasteiger partial charge is 0.316 e. The van der Waals surface area contributed by atoms with Gasteiger partial charge < -0.3 is 4.74 Å². The van der Waals surface area contributed by atoms with Crippen LogP contribution in [0.3, 0.4) is 0 Å². The third-order valence-corrected chi connectivity index (χ3v) is 2.51. The molecule has 3 nitrogen and oxygen atoms in total. The van der Waals surface area contributed by atoms with Crippen LogP contribution < -0.4 is 0 Å². The minimum atomic E-state index is -0.688. The Morgan fingerprint density at radius 1 is 1.38 bits per heavy atom. The predicted molar refractivity (Wildman–Crippen MR) is 61.3 cm³/mol. The summed E-state index contributed by atoms with van der Waals surface area (Å²) in [5, 5.41) is 0. The lowest BCUT2D eigenvalue weighted by Gasteiger charge is -2.11. The summed E-state index contributed by atoms with van der Waals surface area (Å²) >= 11 is 0. The molecule has 0 radical (unpaired) electrons. The molecule has 0 amide bonds. The molecule has 1 atom stereocenters. The van der Waals surface area contributed by atoms with Crippen LogP contribution in [0.15, 0.2) is 24.3 Å². The second-order valence-electron chi connectivity index (χ2n) is 3.72. The molecule has 3 heteroatoms. The highest BCUT2D eigenvalue weighted by Crippen LogP contribution is 2.15. The van der Waals surface area contributed by atoms with E-state index >= 15 is 0 Å². The number of ketones is 1. The lowest BCUT2D eigenvalue weighted by atomic mass is 9.94. The lowest BCUT2D eigenvalue weighted by Crippen LogP contribution is -2.24. The zero-order valence-electron chi connectivity index (χ0n) is 9.82. The van der Waals surface area contributed by atoms with Crippen LogP contribution in [0.25, 0.3) is 0 Å². The molecule has 0 fully saturated rings. The van der Waals surface area contributed by atoms with E-state index in [1.54, 1.807) is 19.1 Å². The average molecular weight is 220 g/mol. The number of esters is 1. The monoisotopic (exact) mass is 220 g/mol. The van der Waals surface area contributed by atoms with Crippen molar-refractivity contribution in [3.8, 4) is 0 Å². The number of carbonyl (C=O) groups excluding carboxylic acids is 2. The fraction of sp³-hybridized carbons (Fsp3) is 0.385. The van der Waals surface area contributed by atoms with Gasteiger partial charge in [0.1, 0.15) is 5.92 Å². The van der Waals surface area contributed by atoms with E-state index in [0.717, 1.165) is 5.56 Å². The molecule has 0 aliphatic heterocycles. The summed E-state index contributed by atoms with van der Waals surface area (Å²) in [5.74, 6) is -1.32. The van der Waals surface area contributed by atoms with Gasteiger partial charge in [0.25, 0.3) is 0 Å². The highest BCUT2D eigenvalue weighted by atomic mass is 16.5. The molecule has 0 spiro atoms. The Kier molecular flexibility index (Phi) is 4.23. The summed E-state index contributed by atoms with van der Waals surface area (Å²) in [6, 6.07) is 7.23. The zero-order chi connectivity index (χ0) is 12.1. The van der Waals surface area contributed by atoms with Crippen LogP contribution >= 0.6 is 0 Å². The molecule has 1 aromatic rings. The van der Waals surface area contributed by atoms with Gasteiger partial charge in [0.2, 0.25) is 0 Å². The first-order chi connectivity index (χ1) is 7.60. The molecule has 0 bridgehead atoms. The molecule has 0 heterocycles. The minimum absolute atomic E-state index is 0.168. The van der Waals surface area contributed by atoms with Gasteiger partial charge in [-0.1, -0.05) is 30.7 Å². The van der Waals surface area contributed by atoms with Crippen molar-refractivity contribution >= 4 is 11.8 Å². The zero-order valence-corrected chi connectivity index (χ0v) is 9.82. The predicted octanol–water partition coefficient (Wildman–Crippen LogP) is 2.38. The van der Waals surface area contributed by atoms with E-state index in [0.29, 0.717) is 12.0 Å². The fourth-order valence-electron chi connectivity index (χ4n) is 1.60. The van der Waals surface area contributed by atoms with Crippen molar-refractivity contribution in [2.24, 2.45) is 5.92 Å². The third kappa shape index (κ3) is 2.69. The van der Waals surface area contributed by atoms with E-state index in [-0.39, 0.29) is 5.78 Å². The van der Waals surface area contributed by atoms with Crippen LogP contribution in [0, 0.1) is 12.8 Å². The van der Waals surface area contributed by atoms with Gasteiger partial charge >= 0.3 is 5.97 Å². The Morgan fingerprint density at radius 2 is 2.06 bits per heavy atom. The molecule has 1 aromatic carbocycles. The first-order valence-corrected chi connectivity index (χ1v) is 5.28. The third-order valence-electron chi connectivity index (χ3n) is 2.51. The first-order valence-electron chi connectivity index (χ1n) is 5.28. The maximum absolute atomic E-state index is 12.0. The summed E-state index contributed by atoms with van der Waals surface area (Å²) in [6.45, 7) is 3.71. The van der Waals surface area contributed by atoms with Gasteiger partial charge in [-0.3, -0.25) is 9.59 Å². The molecule has 16 heavy (non-hydrogen) atoms. The molecule has 0 aliphatic carbocycles. The molecular weight excluding hydrogens is 204 g/mol. The van der Waals surface area contributed by atoms with Gasteiger partial charge in [0, 0.05) is 5.56 Å². The average Bonchev–Trinajstić information content (AvgIpc) is 2.29. The molecule has 0 saturated carbocycles. The molecule has 0 aromatic heterocycles. The van der Waals surface area contributed by atoms with Gasteiger partial charge in [0.05, 0.1) is 7.11 Å². The Balaban J connectivity index is 2.95. The van der Waals surface area contributed by atoms with E-state index in [9.17, 15) is 9.59 Å². The van der Waals surface area contributed by atoms with E-state index in [2.05, 4.69) is 4.74 Å². The number of methoxy groups -OCH3 is 1. The van der Waals surface area contributed by atoms with E-state index in [1.807, 2.05) is 19.1 Å². The Labute approximate surface area is 95.4 Å². The van der Waals surface area contributed by atoms with Gasteiger partial charge in [-0.15, -0.1) is 0 Å². The van der Waals surface area contributed by atoms with Crippen molar-refractivity contribution in [3.63, 3.8) is 0 Å². The number of aryl methyl sites for hydroxylation is 1. The standard InChI is InChI=1S/C13H16O3/c1-4-11(13(15)16-3)12(14)10-7-5-6-9(2)8-10/h5-8,11H,4H2,1-3H3. The first kappa shape index (κ1) is 12.4. The van der Waals surface area contributed by atoms with Crippen LogP contribution in [0.2, 0.25) is 0 Å². The minimum Gasteiger partial charge on any atom is -0.468 e. The van der Waals surface area contributed by atoms with E-state index in [1.165, 1.54) is 7.11 Å². The maximum Gasteiger partial charge on any atom is 0.316 e. The van der Waals surface area contributed by atoms with Crippen LogP contribution in [0.1, 0.15) is 29.3 Å². The SMILES string of the molecule is CCC(C(=O)OC)C(=O)c1cccc(C)c1. The van der Waals surface area contributed by atoms with Crippen molar-refractivity contribution in [1.82, 2.24) is 0 Å². The number of Topliss-reactive ketones (excluding diaryl/α,β-unsaturated/α-hetero) is 1. The molecule has 0 saturated heterocycles. The number of ether oxygens (including phenoxy) is 1. The van der Waals surface area contributed by atoms with Crippen molar-refractivity contribution in [1.29, 1.82) is 0 Å². The van der Waals surface area contributed by atoms with Crippen LogP contribution in [-0.2, 0) is 9.53 Å². The highest BCUT2D eigenvalue weighted by molar-refractivity contribution is 6.08. The summed E-state index contributed by atoms with van der Waals surface area (Å²) in [7, 11) is 1.30. The summed E-state index contributed by atoms with van der Waals surface area (Å²) in [4.78, 5) is 23.4. The largest absolute Gasteiger partial charge is 0.468 e. The highest BCUT2D eigenvalue weighted by Gasteiger charge is 2.26. The maximum atomic E-state index is 12.0. The van der Waals surface area contributed by atoms with Gasteiger partial charge in [-0.05, 0) is 19.4 Å². The van der Waals surface area contributed by atoms with Gasteiger partial charge in [0.15, 0.2) is 5.78 Å². The summed E-state index contributed by atoms with van der Waals surface area (Å²) in [5.41, 5.74) is 1.57. The van der Waals surface area contributed by atoms with Gasteiger partial charge in [-0.25, -0.2) is 0 Å². The van der Waals surface area contributed by atoms with Gasteiger partial charge in [-0.2, -0.15) is 0 Å². The quantitative estimate of drug-likeness (QED) is 0.444. The molecule has 1 rings (SSSR count). The number of benzene rings is 1. The van der Waals surface area contributed by atoms with Crippen molar-refractivity contribution in [3.05, 3.63) is 35.4 Å². The molecule has 0 aliphatic rings. The van der Waals surface area contributed by atoms with E-state index < -0.39 is 11.9 Å². The molecule has 1 unspecified atom stereocenters. The summed E-state index contributed by atoms with van der Waals surface area (Å²) < 4.78 is 4.62. The van der Waals surface area contributed by atoms with Crippen LogP contribution in [-0.4, -0.2) is 18.9 Å².